The fraction of sp³-hybridized carbons (Fsp3) is 0.464. The standard InChI is InChI=1S/C28H32FN3O4/c1-27(2)16-20-18(10-11-22(35-5)23(20)36-27)24-28(3,4)26(34)32(30-24)17-12-14-31(15-13-17)25(33)19-8-6-7-9-21(19)29/h6-11,17H,12-16H2,1-5H3. The molecule has 2 aromatic rings. The minimum absolute atomic E-state index is 0.0564. The van der Waals surface area contributed by atoms with E-state index in [1.165, 1.54) is 12.1 Å². The molecule has 0 atom stereocenters. The number of benzene rings is 2. The van der Waals surface area contributed by atoms with Crippen molar-refractivity contribution in [3.8, 4) is 11.5 Å². The Hall–Kier alpha value is -3.42. The van der Waals surface area contributed by atoms with E-state index in [1.54, 1.807) is 29.2 Å². The summed E-state index contributed by atoms with van der Waals surface area (Å²) < 4.78 is 25.8. The van der Waals surface area contributed by atoms with Gasteiger partial charge in [-0.25, -0.2) is 9.40 Å². The number of carbonyl (C=O) groups excluding carboxylic acids is 2. The third kappa shape index (κ3) is 3.92. The fourth-order valence-electron chi connectivity index (χ4n) is 5.44. The lowest BCUT2D eigenvalue weighted by atomic mass is 9.80. The lowest BCUT2D eigenvalue weighted by Gasteiger charge is -2.35. The highest BCUT2D eigenvalue weighted by atomic mass is 19.1. The predicted octanol–water partition coefficient (Wildman–Crippen LogP) is 4.43. The van der Waals surface area contributed by atoms with Crippen molar-refractivity contribution < 1.29 is 23.5 Å². The highest BCUT2D eigenvalue weighted by Crippen LogP contribution is 2.46. The molecule has 3 aliphatic heterocycles. The van der Waals surface area contributed by atoms with E-state index in [1.807, 2.05) is 39.8 Å². The number of carbonyl (C=O) groups is 2. The van der Waals surface area contributed by atoms with Gasteiger partial charge in [0.15, 0.2) is 11.5 Å². The summed E-state index contributed by atoms with van der Waals surface area (Å²) in [6.07, 6.45) is 1.85. The highest BCUT2D eigenvalue weighted by molar-refractivity contribution is 6.20. The lowest BCUT2D eigenvalue weighted by molar-refractivity contribution is -0.137. The third-order valence-electron chi connectivity index (χ3n) is 7.42. The van der Waals surface area contributed by atoms with Gasteiger partial charge in [0.2, 0.25) is 0 Å². The van der Waals surface area contributed by atoms with E-state index in [0.717, 1.165) is 16.8 Å². The number of rotatable bonds is 4. The number of piperidine rings is 1. The van der Waals surface area contributed by atoms with Crippen LogP contribution in [0, 0.1) is 11.2 Å². The molecule has 1 saturated heterocycles. The molecule has 3 heterocycles. The van der Waals surface area contributed by atoms with E-state index in [9.17, 15) is 14.0 Å². The maximum absolute atomic E-state index is 14.1. The van der Waals surface area contributed by atoms with E-state index < -0.39 is 11.2 Å². The van der Waals surface area contributed by atoms with Crippen molar-refractivity contribution in [2.75, 3.05) is 20.2 Å². The molecule has 0 spiro atoms. The van der Waals surface area contributed by atoms with Crippen LogP contribution in [0.5, 0.6) is 11.5 Å². The van der Waals surface area contributed by atoms with Gasteiger partial charge < -0.3 is 14.4 Å². The summed E-state index contributed by atoms with van der Waals surface area (Å²) in [6.45, 7) is 8.75. The number of hydrogen-bond donors (Lipinski definition) is 0. The maximum Gasteiger partial charge on any atom is 0.256 e. The molecule has 0 radical (unpaired) electrons. The van der Waals surface area contributed by atoms with E-state index in [2.05, 4.69) is 0 Å². The molecule has 1 fully saturated rings. The Kier molecular flexibility index (Phi) is 5.80. The van der Waals surface area contributed by atoms with Gasteiger partial charge in [-0.3, -0.25) is 9.59 Å². The zero-order valence-corrected chi connectivity index (χ0v) is 21.4. The molecular weight excluding hydrogens is 461 g/mol. The monoisotopic (exact) mass is 493 g/mol. The van der Waals surface area contributed by atoms with Gasteiger partial charge in [-0.2, -0.15) is 5.10 Å². The predicted molar refractivity (Wildman–Crippen MR) is 134 cm³/mol. The first-order valence-corrected chi connectivity index (χ1v) is 12.4. The molecule has 36 heavy (non-hydrogen) atoms. The second-order valence-electron chi connectivity index (χ2n) is 10.9. The Morgan fingerprint density at radius 1 is 1.11 bits per heavy atom. The van der Waals surface area contributed by atoms with E-state index in [-0.39, 0.29) is 29.0 Å². The molecule has 0 aromatic heterocycles. The van der Waals surface area contributed by atoms with Crippen LogP contribution in [0.3, 0.4) is 0 Å². The number of amides is 2. The zero-order chi connectivity index (χ0) is 25.8. The van der Waals surface area contributed by atoms with Crippen molar-refractivity contribution in [1.29, 1.82) is 0 Å². The van der Waals surface area contributed by atoms with Crippen LogP contribution in [0.2, 0.25) is 0 Å². The smallest absolute Gasteiger partial charge is 0.256 e. The summed E-state index contributed by atoms with van der Waals surface area (Å²) in [7, 11) is 1.62. The summed E-state index contributed by atoms with van der Waals surface area (Å²) >= 11 is 0. The maximum atomic E-state index is 14.1. The van der Waals surface area contributed by atoms with Gasteiger partial charge in [0.25, 0.3) is 11.8 Å². The number of ether oxygens (including phenoxy) is 2. The normalized spacial score (nSPS) is 20.7. The molecule has 5 rings (SSSR count). The van der Waals surface area contributed by atoms with E-state index in [4.69, 9.17) is 14.6 Å². The van der Waals surface area contributed by atoms with Gasteiger partial charge in [-0.05, 0) is 64.8 Å². The van der Waals surface area contributed by atoms with Gasteiger partial charge in [0.1, 0.15) is 11.4 Å². The second kappa shape index (κ2) is 8.61. The minimum atomic E-state index is -0.810. The average Bonchev–Trinajstić information content (AvgIpc) is 3.30. The Labute approximate surface area is 210 Å². The van der Waals surface area contributed by atoms with Crippen molar-refractivity contribution in [2.24, 2.45) is 10.5 Å². The van der Waals surface area contributed by atoms with Crippen LogP contribution in [0.4, 0.5) is 4.39 Å². The summed E-state index contributed by atoms with van der Waals surface area (Å²) in [5.41, 5.74) is 1.52. The Balaban J connectivity index is 1.39. The second-order valence-corrected chi connectivity index (χ2v) is 10.9. The van der Waals surface area contributed by atoms with Crippen molar-refractivity contribution in [1.82, 2.24) is 9.91 Å². The Bertz CT molecular complexity index is 1260. The quantitative estimate of drug-likeness (QED) is 0.632. The van der Waals surface area contributed by atoms with Gasteiger partial charge in [0, 0.05) is 30.6 Å². The SMILES string of the molecule is COc1ccc(C2=NN(C3CCN(C(=O)c4ccccc4F)CC3)C(=O)C2(C)C)c2c1OC(C)(C)C2. The van der Waals surface area contributed by atoms with Crippen LogP contribution in [0.1, 0.15) is 62.0 Å². The summed E-state index contributed by atoms with van der Waals surface area (Å²) in [4.78, 5) is 28.0. The average molecular weight is 494 g/mol. The third-order valence-corrected chi connectivity index (χ3v) is 7.42. The van der Waals surface area contributed by atoms with Crippen LogP contribution < -0.4 is 9.47 Å². The summed E-state index contributed by atoms with van der Waals surface area (Å²) in [6, 6.07) is 9.74. The fourth-order valence-corrected chi connectivity index (χ4v) is 5.44. The molecule has 0 unspecified atom stereocenters. The minimum Gasteiger partial charge on any atom is -0.493 e. The first kappa shape index (κ1) is 24.3. The Morgan fingerprint density at radius 3 is 2.47 bits per heavy atom. The molecule has 0 saturated carbocycles. The van der Waals surface area contributed by atoms with Crippen molar-refractivity contribution in [3.05, 3.63) is 58.9 Å². The van der Waals surface area contributed by atoms with Gasteiger partial charge in [0.05, 0.1) is 29.8 Å². The zero-order valence-electron chi connectivity index (χ0n) is 21.4. The van der Waals surface area contributed by atoms with Crippen LogP contribution in [0.25, 0.3) is 0 Å². The molecule has 2 aromatic carbocycles. The largest absolute Gasteiger partial charge is 0.493 e. The molecule has 190 valence electrons. The van der Waals surface area contributed by atoms with Crippen molar-refractivity contribution in [3.63, 3.8) is 0 Å². The molecule has 0 N–H and O–H groups in total. The molecule has 0 bridgehead atoms. The Morgan fingerprint density at radius 2 is 1.81 bits per heavy atom. The van der Waals surface area contributed by atoms with Crippen LogP contribution >= 0.6 is 0 Å². The molecule has 7 nitrogen and oxygen atoms in total. The van der Waals surface area contributed by atoms with E-state index >= 15 is 0 Å². The lowest BCUT2D eigenvalue weighted by Crippen LogP contribution is -2.47. The number of fused-ring (bicyclic) bond motifs is 1. The van der Waals surface area contributed by atoms with Crippen LogP contribution in [-0.2, 0) is 11.2 Å². The van der Waals surface area contributed by atoms with E-state index in [0.29, 0.717) is 43.9 Å². The number of hydrazone groups is 1. The first-order chi connectivity index (χ1) is 17.0. The number of methoxy groups -OCH3 is 1. The van der Waals surface area contributed by atoms with Gasteiger partial charge in [-0.15, -0.1) is 0 Å². The van der Waals surface area contributed by atoms with Crippen molar-refractivity contribution >= 4 is 17.5 Å². The summed E-state index contributed by atoms with van der Waals surface area (Å²) in [5.74, 6) is 0.490. The first-order valence-electron chi connectivity index (χ1n) is 12.4. The van der Waals surface area contributed by atoms with Crippen LogP contribution in [0.15, 0.2) is 41.5 Å². The van der Waals surface area contributed by atoms with Gasteiger partial charge >= 0.3 is 0 Å². The molecular formula is C28H32FN3O4. The number of likely N-dealkylation sites (tertiary alicyclic amines) is 1. The topological polar surface area (TPSA) is 71.4 Å². The number of halogens is 1. The molecule has 8 heteroatoms. The van der Waals surface area contributed by atoms with Crippen LogP contribution in [-0.4, -0.2) is 59.3 Å². The van der Waals surface area contributed by atoms with Crippen molar-refractivity contribution in [2.45, 2.75) is 58.6 Å². The number of hydrogen-bond acceptors (Lipinski definition) is 5. The molecule has 2 amide bonds. The molecule has 3 aliphatic rings. The number of nitrogens with zero attached hydrogens (tertiary/aromatic N) is 3. The summed E-state index contributed by atoms with van der Waals surface area (Å²) in [5, 5.41) is 6.49. The highest BCUT2D eigenvalue weighted by Gasteiger charge is 2.48. The molecule has 0 aliphatic carbocycles. The van der Waals surface area contributed by atoms with Gasteiger partial charge in [-0.1, -0.05) is 12.1 Å².